The molecule has 1 N–H and O–H groups in total. The Bertz CT molecular complexity index is 172. The molecule has 0 fully saturated rings. The summed E-state index contributed by atoms with van der Waals surface area (Å²) in [5.74, 6) is 0.410. The lowest BCUT2D eigenvalue weighted by molar-refractivity contribution is 0.271. The first-order chi connectivity index (χ1) is 3.83. The number of hydrogen-bond acceptors (Lipinski definition) is 3. The average molecular weight is 112 g/mol. The molecule has 0 saturated carbocycles. The first kappa shape index (κ1) is 5.24. The highest BCUT2D eigenvalue weighted by Crippen LogP contribution is 1.82. The number of aliphatic hydroxyl groups excluding tert-OH is 1. The largest absolute Gasteiger partial charge is 0.388 e. The maximum Gasteiger partial charge on any atom is 0.196 e. The molecule has 1 rings (SSSR count). The van der Waals surface area contributed by atoms with Crippen LogP contribution in [-0.2, 0) is 13.7 Å². The second kappa shape index (κ2) is 1.92. The quantitative estimate of drug-likeness (QED) is 0.512. The highest BCUT2D eigenvalue weighted by molar-refractivity contribution is 4.74. The monoisotopic (exact) mass is 112 g/mol. The van der Waals surface area contributed by atoms with Gasteiger partial charge in [0.25, 0.3) is 0 Å². The SMILES string of the molecule is Cn1[c]nc(CO)n1. The van der Waals surface area contributed by atoms with Gasteiger partial charge >= 0.3 is 0 Å². The van der Waals surface area contributed by atoms with Crippen LogP contribution in [0.4, 0.5) is 0 Å². The van der Waals surface area contributed by atoms with E-state index in [9.17, 15) is 0 Å². The average Bonchev–Trinajstić information content (AvgIpc) is 2.14. The van der Waals surface area contributed by atoms with Crippen LogP contribution in [0.1, 0.15) is 5.82 Å². The van der Waals surface area contributed by atoms with Crippen molar-refractivity contribution in [2.24, 2.45) is 7.05 Å². The maximum absolute atomic E-state index is 8.39. The molecule has 0 amide bonds. The van der Waals surface area contributed by atoms with Gasteiger partial charge in [-0.15, -0.1) is 0 Å². The summed E-state index contributed by atoms with van der Waals surface area (Å²) in [5, 5.41) is 12.1. The molecule has 43 valence electrons. The van der Waals surface area contributed by atoms with Gasteiger partial charge in [0.15, 0.2) is 12.2 Å². The van der Waals surface area contributed by atoms with Gasteiger partial charge in [0, 0.05) is 7.05 Å². The van der Waals surface area contributed by atoms with Crippen LogP contribution in [0, 0.1) is 6.33 Å². The van der Waals surface area contributed by atoms with Crippen molar-refractivity contribution in [3.63, 3.8) is 0 Å². The van der Waals surface area contributed by atoms with Gasteiger partial charge in [-0.3, -0.25) is 0 Å². The van der Waals surface area contributed by atoms with Crippen molar-refractivity contribution in [3.8, 4) is 0 Å². The third-order valence-corrected chi connectivity index (χ3v) is 0.731. The third-order valence-electron chi connectivity index (χ3n) is 0.731. The Balaban J connectivity index is 2.84. The van der Waals surface area contributed by atoms with Crippen LogP contribution in [0.15, 0.2) is 0 Å². The number of aryl methyl sites for hydroxylation is 1. The van der Waals surface area contributed by atoms with Crippen LogP contribution in [0.25, 0.3) is 0 Å². The van der Waals surface area contributed by atoms with E-state index in [1.165, 1.54) is 4.68 Å². The molecule has 0 spiro atoms. The lowest BCUT2D eigenvalue weighted by Gasteiger charge is -1.80. The normalized spacial score (nSPS) is 9.75. The number of rotatable bonds is 1. The molecular weight excluding hydrogens is 106 g/mol. The zero-order valence-electron chi connectivity index (χ0n) is 4.50. The smallest absolute Gasteiger partial charge is 0.196 e. The van der Waals surface area contributed by atoms with E-state index >= 15 is 0 Å². The molecule has 1 radical (unpaired) electrons. The summed E-state index contributed by atoms with van der Waals surface area (Å²) in [7, 11) is 1.70. The van der Waals surface area contributed by atoms with Gasteiger partial charge in [-0.25, -0.2) is 9.67 Å². The zero-order valence-corrected chi connectivity index (χ0v) is 4.50. The van der Waals surface area contributed by atoms with E-state index in [1.54, 1.807) is 7.05 Å². The van der Waals surface area contributed by atoms with Crippen LogP contribution in [0.3, 0.4) is 0 Å². The Morgan fingerprint density at radius 1 is 1.88 bits per heavy atom. The number of hydrogen-bond donors (Lipinski definition) is 1. The Labute approximate surface area is 46.8 Å². The summed E-state index contributed by atoms with van der Waals surface area (Å²) in [5.41, 5.74) is 0. The second-order valence-corrected chi connectivity index (χ2v) is 1.41. The lowest BCUT2D eigenvalue weighted by atomic mass is 10.7. The number of nitrogens with zero attached hydrogens (tertiary/aromatic N) is 3. The van der Waals surface area contributed by atoms with E-state index in [0.29, 0.717) is 5.82 Å². The molecule has 0 aliphatic carbocycles. The van der Waals surface area contributed by atoms with E-state index < -0.39 is 0 Å². The fourth-order valence-corrected chi connectivity index (χ4v) is 0.415. The van der Waals surface area contributed by atoms with Crippen molar-refractivity contribution < 1.29 is 5.11 Å². The third kappa shape index (κ3) is 0.840. The van der Waals surface area contributed by atoms with E-state index in [2.05, 4.69) is 16.4 Å². The van der Waals surface area contributed by atoms with E-state index in [0.717, 1.165) is 0 Å². The highest BCUT2D eigenvalue weighted by atomic mass is 16.3. The molecule has 0 unspecified atom stereocenters. The Kier molecular flexibility index (Phi) is 1.26. The minimum Gasteiger partial charge on any atom is -0.388 e. The standard InChI is InChI=1S/C4H6N3O/c1-7-3-5-4(2-8)6-7/h8H,2H2,1H3. The molecule has 0 aromatic carbocycles. The van der Waals surface area contributed by atoms with Gasteiger partial charge in [-0.1, -0.05) is 0 Å². The van der Waals surface area contributed by atoms with Gasteiger partial charge in [0.2, 0.25) is 0 Å². The molecule has 4 heteroatoms. The summed E-state index contributed by atoms with van der Waals surface area (Å²) in [6.07, 6.45) is 2.52. The Hall–Kier alpha value is -0.900. The number of aromatic nitrogens is 3. The molecule has 0 atom stereocenters. The molecular formula is C4H6N3O. The van der Waals surface area contributed by atoms with Gasteiger partial charge in [-0.05, 0) is 0 Å². The predicted molar refractivity (Wildman–Crippen MR) is 25.8 cm³/mol. The Morgan fingerprint density at radius 2 is 2.62 bits per heavy atom. The van der Waals surface area contributed by atoms with Gasteiger partial charge in [0.1, 0.15) is 6.61 Å². The van der Waals surface area contributed by atoms with Crippen LogP contribution in [0.5, 0.6) is 0 Å². The topological polar surface area (TPSA) is 50.9 Å². The molecule has 1 heterocycles. The molecule has 0 aliphatic heterocycles. The summed E-state index contributed by atoms with van der Waals surface area (Å²) in [4.78, 5) is 3.61. The lowest BCUT2D eigenvalue weighted by Crippen LogP contribution is -1.90. The van der Waals surface area contributed by atoms with Crippen molar-refractivity contribution in [2.45, 2.75) is 6.61 Å². The predicted octanol–water partition coefficient (Wildman–Crippen LogP) is -0.892. The van der Waals surface area contributed by atoms with Gasteiger partial charge < -0.3 is 5.11 Å². The van der Waals surface area contributed by atoms with Gasteiger partial charge in [0.05, 0.1) is 0 Å². The van der Waals surface area contributed by atoms with Crippen LogP contribution < -0.4 is 0 Å². The molecule has 4 nitrogen and oxygen atoms in total. The molecule has 1 aromatic rings. The van der Waals surface area contributed by atoms with Crippen molar-refractivity contribution in [3.05, 3.63) is 12.2 Å². The molecule has 0 saturated heterocycles. The molecule has 0 aliphatic rings. The molecule has 0 bridgehead atoms. The fraction of sp³-hybridized carbons (Fsp3) is 0.500. The highest BCUT2D eigenvalue weighted by Gasteiger charge is 1.92. The summed E-state index contributed by atoms with van der Waals surface area (Å²) < 4.78 is 1.42. The minimum atomic E-state index is -0.114. The van der Waals surface area contributed by atoms with Crippen molar-refractivity contribution in [1.82, 2.24) is 14.8 Å². The minimum absolute atomic E-state index is 0.114. The fourth-order valence-electron chi connectivity index (χ4n) is 0.415. The van der Waals surface area contributed by atoms with Crippen LogP contribution in [0.2, 0.25) is 0 Å². The Morgan fingerprint density at radius 3 is 2.88 bits per heavy atom. The van der Waals surface area contributed by atoms with Crippen molar-refractivity contribution in [1.29, 1.82) is 0 Å². The van der Waals surface area contributed by atoms with Gasteiger partial charge in [-0.2, -0.15) is 5.10 Å². The maximum atomic E-state index is 8.39. The summed E-state index contributed by atoms with van der Waals surface area (Å²) >= 11 is 0. The number of aliphatic hydroxyl groups is 1. The molecule has 1 aromatic heterocycles. The zero-order chi connectivity index (χ0) is 5.98. The first-order valence-corrected chi connectivity index (χ1v) is 2.21. The van der Waals surface area contributed by atoms with Crippen molar-refractivity contribution in [2.75, 3.05) is 0 Å². The van der Waals surface area contributed by atoms with E-state index in [1.807, 2.05) is 0 Å². The summed E-state index contributed by atoms with van der Waals surface area (Å²) in [6.45, 7) is -0.114. The molecule has 8 heavy (non-hydrogen) atoms. The van der Waals surface area contributed by atoms with Crippen LogP contribution in [-0.4, -0.2) is 19.9 Å². The van der Waals surface area contributed by atoms with Crippen molar-refractivity contribution >= 4 is 0 Å². The van der Waals surface area contributed by atoms with E-state index in [4.69, 9.17) is 5.11 Å². The first-order valence-electron chi connectivity index (χ1n) is 2.21. The van der Waals surface area contributed by atoms with E-state index in [-0.39, 0.29) is 6.61 Å². The van der Waals surface area contributed by atoms with Crippen LogP contribution >= 0.6 is 0 Å². The summed E-state index contributed by atoms with van der Waals surface area (Å²) in [6, 6.07) is 0. The second-order valence-electron chi connectivity index (χ2n) is 1.41.